The zero-order valence-corrected chi connectivity index (χ0v) is 11.5. The highest BCUT2D eigenvalue weighted by atomic mass is 15.3. The van der Waals surface area contributed by atoms with Crippen molar-refractivity contribution in [1.29, 1.82) is 0 Å². The van der Waals surface area contributed by atoms with Crippen LogP contribution in [-0.2, 0) is 6.54 Å². The van der Waals surface area contributed by atoms with Crippen LogP contribution in [-0.4, -0.2) is 29.3 Å². The molecule has 0 amide bonds. The lowest BCUT2D eigenvalue weighted by atomic mass is 10.0. The second-order valence-electron chi connectivity index (χ2n) is 4.91. The zero-order valence-electron chi connectivity index (χ0n) is 11.5. The molecule has 0 radical (unpaired) electrons. The Hall–Kier alpha value is -1.16. The number of aromatic nitrogens is 2. The third-order valence-electron chi connectivity index (χ3n) is 3.65. The van der Waals surface area contributed by atoms with Crippen LogP contribution in [0.15, 0.2) is 12.1 Å². The average molecular weight is 248 g/mol. The first-order valence-electron chi connectivity index (χ1n) is 7.15. The van der Waals surface area contributed by atoms with Gasteiger partial charge in [0.25, 0.3) is 0 Å². The highest BCUT2D eigenvalue weighted by molar-refractivity contribution is 5.39. The number of nitrogens with one attached hydrogen (secondary N) is 1. The third-order valence-corrected chi connectivity index (χ3v) is 3.65. The van der Waals surface area contributed by atoms with E-state index in [1.54, 1.807) is 0 Å². The van der Waals surface area contributed by atoms with Crippen LogP contribution in [0.1, 0.15) is 45.2 Å². The summed E-state index contributed by atoms with van der Waals surface area (Å²) in [6.45, 7) is 7.26. The van der Waals surface area contributed by atoms with E-state index >= 15 is 0 Å². The van der Waals surface area contributed by atoms with Gasteiger partial charge in [-0.15, -0.1) is 5.10 Å². The topological polar surface area (TPSA) is 41.0 Å². The predicted octanol–water partition coefficient (Wildman–Crippen LogP) is 2.36. The van der Waals surface area contributed by atoms with E-state index in [9.17, 15) is 0 Å². The quantitative estimate of drug-likeness (QED) is 0.868. The molecule has 4 nitrogen and oxygen atoms in total. The van der Waals surface area contributed by atoms with E-state index < -0.39 is 0 Å². The Morgan fingerprint density at radius 3 is 2.83 bits per heavy atom. The minimum atomic E-state index is 0.646. The van der Waals surface area contributed by atoms with Crippen LogP contribution in [0.4, 0.5) is 5.82 Å². The molecule has 1 saturated heterocycles. The maximum atomic E-state index is 4.39. The molecule has 1 atom stereocenters. The molecule has 1 aliphatic heterocycles. The molecule has 100 valence electrons. The first-order valence-corrected chi connectivity index (χ1v) is 7.15. The second kappa shape index (κ2) is 6.69. The summed E-state index contributed by atoms with van der Waals surface area (Å²) in [5.41, 5.74) is 1.02. The van der Waals surface area contributed by atoms with E-state index in [0.29, 0.717) is 6.04 Å². The fourth-order valence-corrected chi connectivity index (χ4v) is 2.58. The van der Waals surface area contributed by atoms with Crippen molar-refractivity contribution in [3.05, 3.63) is 17.8 Å². The fraction of sp³-hybridized carbons (Fsp3) is 0.714. The first kappa shape index (κ1) is 13.3. The lowest BCUT2D eigenvalue weighted by molar-refractivity contribution is 0.445. The van der Waals surface area contributed by atoms with Gasteiger partial charge in [0, 0.05) is 19.1 Å². The summed E-state index contributed by atoms with van der Waals surface area (Å²) in [6.07, 6.45) is 5.11. The number of piperidine rings is 1. The van der Waals surface area contributed by atoms with Gasteiger partial charge < -0.3 is 10.2 Å². The van der Waals surface area contributed by atoms with Gasteiger partial charge in [0.2, 0.25) is 0 Å². The summed E-state index contributed by atoms with van der Waals surface area (Å²) >= 11 is 0. The smallest absolute Gasteiger partial charge is 0.151 e. The standard InChI is InChI=1S/C14H24N4/c1-3-13-7-5-6-10-18(13)14-9-8-12(16-17-14)11-15-4-2/h8-9,13,15H,3-7,10-11H2,1-2H3. The molecule has 2 rings (SSSR count). The Kier molecular flexibility index (Phi) is 4.93. The van der Waals surface area contributed by atoms with Gasteiger partial charge in [0.1, 0.15) is 0 Å². The monoisotopic (exact) mass is 248 g/mol. The molecule has 4 heteroatoms. The fourth-order valence-electron chi connectivity index (χ4n) is 2.58. The van der Waals surface area contributed by atoms with Crippen LogP contribution in [0.25, 0.3) is 0 Å². The van der Waals surface area contributed by atoms with Gasteiger partial charge in [0.15, 0.2) is 5.82 Å². The summed E-state index contributed by atoms with van der Waals surface area (Å²) in [5.74, 6) is 1.04. The van der Waals surface area contributed by atoms with Gasteiger partial charge in [-0.2, -0.15) is 5.10 Å². The number of hydrogen-bond acceptors (Lipinski definition) is 4. The third kappa shape index (κ3) is 3.19. The van der Waals surface area contributed by atoms with Crippen molar-refractivity contribution >= 4 is 5.82 Å². The van der Waals surface area contributed by atoms with Crippen molar-refractivity contribution in [2.75, 3.05) is 18.0 Å². The van der Waals surface area contributed by atoms with Crippen molar-refractivity contribution in [2.45, 2.75) is 52.1 Å². The maximum absolute atomic E-state index is 4.39. The molecular weight excluding hydrogens is 224 g/mol. The molecule has 1 aromatic heterocycles. The number of hydrogen-bond donors (Lipinski definition) is 1. The molecule has 2 heterocycles. The molecule has 1 N–H and O–H groups in total. The molecule has 0 spiro atoms. The molecule has 18 heavy (non-hydrogen) atoms. The summed E-state index contributed by atoms with van der Waals surface area (Å²) < 4.78 is 0. The SMILES string of the molecule is CCNCc1ccc(N2CCCCC2CC)nn1. The van der Waals surface area contributed by atoms with Crippen molar-refractivity contribution in [2.24, 2.45) is 0 Å². The van der Waals surface area contributed by atoms with Crippen LogP contribution in [0.3, 0.4) is 0 Å². The van der Waals surface area contributed by atoms with Gasteiger partial charge in [0.05, 0.1) is 5.69 Å². The van der Waals surface area contributed by atoms with Gasteiger partial charge in [-0.1, -0.05) is 13.8 Å². The Labute approximate surface area is 110 Å². The normalized spacial score (nSPS) is 20.1. The molecular formula is C14H24N4. The van der Waals surface area contributed by atoms with E-state index in [1.807, 2.05) is 0 Å². The lowest BCUT2D eigenvalue weighted by Crippen LogP contribution is -2.39. The molecule has 1 fully saturated rings. The molecule has 1 aromatic rings. The van der Waals surface area contributed by atoms with Crippen LogP contribution in [0.2, 0.25) is 0 Å². The van der Waals surface area contributed by atoms with Gasteiger partial charge in [-0.05, 0) is 44.4 Å². The van der Waals surface area contributed by atoms with E-state index in [0.717, 1.165) is 31.1 Å². The molecule has 0 aromatic carbocycles. The van der Waals surface area contributed by atoms with Gasteiger partial charge in [-0.25, -0.2) is 0 Å². The summed E-state index contributed by atoms with van der Waals surface area (Å²) in [5, 5.41) is 12.0. The zero-order chi connectivity index (χ0) is 12.8. The van der Waals surface area contributed by atoms with Crippen molar-refractivity contribution in [3.63, 3.8) is 0 Å². The van der Waals surface area contributed by atoms with Gasteiger partial charge in [-0.3, -0.25) is 0 Å². The van der Waals surface area contributed by atoms with Crippen molar-refractivity contribution in [3.8, 4) is 0 Å². The molecule has 0 bridgehead atoms. The Bertz CT molecular complexity index is 349. The van der Waals surface area contributed by atoms with Gasteiger partial charge >= 0.3 is 0 Å². The first-order chi connectivity index (χ1) is 8.85. The minimum Gasteiger partial charge on any atom is -0.352 e. The largest absolute Gasteiger partial charge is 0.352 e. The van der Waals surface area contributed by atoms with E-state index in [4.69, 9.17) is 0 Å². The van der Waals surface area contributed by atoms with E-state index in [1.165, 1.54) is 25.7 Å². The number of nitrogens with zero attached hydrogens (tertiary/aromatic N) is 3. The van der Waals surface area contributed by atoms with E-state index in [-0.39, 0.29) is 0 Å². The summed E-state index contributed by atoms with van der Waals surface area (Å²) in [7, 11) is 0. The summed E-state index contributed by atoms with van der Waals surface area (Å²) in [4.78, 5) is 2.42. The Morgan fingerprint density at radius 2 is 2.17 bits per heavy atom. The lowest BCUT2D eigenvalue weighted by Gasteiger charge is -2.35. The minimum absolute atomic E-state index is 0.646. The molecule has 0 saturated carbocycles. The Balaban J connectivity index is 2.03. The molecule has 1 unspecified atom stereocenters. The molecule has 0 aliphatic carbocycles. The van der Waals surface area contributed by atoms with Crippen LogP contribution in [0.5, 0.6) is 0 Å². The number of anilines is 1. The van der Waals surface area contributed by atoms with Crippen molar-refractivity contribution < 1.29 is 0 Å². The van der Waals surface area contributed by atoms with Crippen molar-refractivity contribution in [1.82, 2.24) is 15.5 Å². The highest BCUT2D eigenvalue weighted by Crippen LogP contribution is 2.24. The van der Waals surface area contributed by atoms with Crippen LogP contribution < -0.4 is 10.2 Å². The maximum Gasteiger partial charge on any atom is 0.151 e. The highest BCUT2D eigenvalue weighted by Gasteiger charge is 2.22. The average Bonchev–Trinajstić information content (AvgIpc) is 2.45. The van der Waals surface area contributed by atoms with Crippen LogP contribution in [0, 0.1) is 0 Å². The molecule has 1 aliphatic rings. The summed E-state index contributed by atoms with van der Waals surface area (Å²) in [6, 6.07) is 4.85. The second-order valence-corrected chi connectivity index (χ2v) is 4.91. The number of rotatable bonds is 5. The Morgan fingerprint density at radius 1 is 1.28 bits per heavy atom. The predicted molar refractivity (Wildman–Crippen MR) is 74.7 cm³/mol. The van der Waals surface area contributed by atoms with E-state index in [2.05, 4.69) is 46.4 Å². The van der Waals surface area contributed by atoms with Crippen LogP contribution >= 0.6 is 0 Å².